The van der Waals surface area contributed by atoms with E-state index in [9.17, 15) is 0 Å². The second-order valence-electron chi connectivity index (χ2n) is 7.24. The third-order valence-corrected chi connectivity index (χ3v) is 5.84. The van der Waals surface area contributed by atoms with Crippen LogP contribution in [0.25, 0.3) is 11.1 Å². The predicted molar refractivity (Wildman–Crippen MR) is 101 cm³/mol. The molecule has 0 saturated carbocycles. The second-order valence-corrected chi connectivity index (χ2v) is 7.24. The second kappa shape index (κ2) is 7.50. The zero-order valence-electron chi connectivity index (χ0n) is 14.5. The van der Waals surface area contributed by atoms with Crippen molar-refractivity contribution in [2.24, 2.45) is 0 Å². The summed E-state index contributed by atoms with van der Waals surface area (Å²) in [5, 5.41) is 3.49. The first-order valence-corrected chi connectivity index (χ1v) is 9.51. The number of hydrogen-bond donors (Lipinski definition) is 1. The Kier molecular flexibility index (Phi) is 4.96. The Hall–Kier alpha value is -1.64. The van der Waals surface area contributed by atoms with E-state index in [2.05, 4.69) is 64.8 Å². The minimum Gasteiger partial charge on any atom is -0.317 e. The highest BCUT2D eigenvalue weighted by Crippen LogP contribution is 2.36. The average Bonchev–Trinajstić information content (AvgIpc) is 2.69. The molecule has 0 amide bonds. The third kappa shape index (κ3) is 3.40. The van der Waals surface area contributed by atoms with E-state index in [1.54, 1.807) is 5.56 Å². The highest BCUT2D eigenvalue weighted by atomic mass is 15.2. The Morgan fingerprint density at radius 1 is 0.750 bits per heavy atom. The summed E-state index contributed by atoms with van der Waals surface area (Å²) >= 11 is 0. The molecule has 2 heteroatoms. The first kappa shape index (κ1) is 15.9. The van der Waals surface area contributed by atoms with Crippen LogP contribution in [0.1, 0.15) is 37.2 Å². The summed E-state index contributed by atoms with van der Waals surface area (Å²) in [6.45, 7) is 4.92. The lowest BCUT2D eigenvalue weighted by atomic mass is 9.84. The van der Waals surface area contributed by atoms with Crippen molar-refractivity contribution in [2.45, 2.75) is 37.6 Å². The van der Waals surface area contributed by atoms with Gasteiger partial charge in [-0.2, -0.15) is 0 Å². The molecule has 2 fully saturated rings. The molecule has 2 saturated heterocycles. The van der Waals surface area contributed by atoms with Gasteiger partial charge < -0.3 is 10.2 Å². The molecule has 2 heterocycles. The van der Waals surface area contributed by atoms with Crippen LogP contribution in [0.4, 0.5) is 0 Å². The molecule has 0 aliphatic carbocycles. The van der Waals surface area contributed by atoms with Crippen molar-refractivity contribution in [1.29, 1.82) is 0 Å². The monoisotopic (exact) mass is 320 g/mol. The number of likely N-dealkylation sites (tertiary alicyclic amines) is 1. The summed E-state index contributed by atoms with van der Waals surface area (Å²) in [6.07, 6.45) is 5.25. The lowest BCUT2D eigenvalue weighted by molar-refractivity contribution is 0.127. The summed E-state index contributed by atoms with van der Waals surface area (Å²) in [7, 11) is 0. The standard InChI is InChI=1S/C22H28N2/c1-2-6-18(7-3-1)21-8-4-5-9-22(21)19-12-16-24(17-13-19)20-10-14-23-15-11-20/h1-9,19-20,23H,10-17H2. The van der Waals surface area contributed by atoms with E-state index in [1.165, 1.54) is 63.0 Å². The summed E-state index contributed by atoms with van der Waals surface area (Å²) in [5.41, 5.74) is 4.33. The van der Waals surface area contributed by atoms with Crippen molar-refractivity contribution in [3.63, 3.8) is 0 Å². The van der Waals surface area contributed by atoms with Gasteiger partial charge in [-0.25, -0.2) is 0 Å². The minimum atomic E-state index is 0.708. The van der Waals surface area contributed by atoms with Crippen molar-refractivity contribution in [2.75, 3.05) is 26.2 Å². The van der Waals surface area contributed by atoms with Gasteiger partial charge in [0.05, 0.1) is 0 Å². The van der Waals surface area contributed by atoms with Crippen LogP contribution in [0.3, 0.4) is 0 Å². The largest absolute Gasteiger partial charge is 0.317 e. The lowest BCUT2D eigenvalue weighted by Crippen LogP contribution is -2.46. The quantitative estimate of drug-likeness (QED) is 0.908. The molecule has 0 unspecified atom stereocenters. The normalized spacial score (nSPS) is 21.0. The maximum Gasteiger partial charge on any atom is 0.0119 e. The molecule has 126 valence electrons. The van der Waals surface area contributed by atoms with E-state index in [0.717, 1.165) is 6.04 Å². The van der Waals surface area contributed by atoms with Crippen LogP contribution in [0, 0.1) is 0 Å². The van der Waals surface area contributed by atoms with Gasteiger partial charge in [0.15, 0.2) is 0 Å². The number of rotatable bonds is 3. The molecule has 1 N–H and O–H groups in total. The molecule has 0 spiro atoms. The van der Waals surface area contributed by atoms with Gasteiger partial charge >= 0.3 is 0 Å². The highest BCUT2D eigenvalue weighted by Gasteiger charge is 2.27. The molecule has 4 rings (SSSR count). The first-order valence-electron chi connectivity index (χ1n) is 9.51. The lowest BCUT2D eigenvalue weighted by Gasteiger charge is -2.40. The van der Waals surface area contributed by atoms with Crippen LogP contribution < -0.4 is 5.32 Å². The van der Waals surface area contributed by atoms with Gasteiger partial charge in [-0.3, -0.25) is 0 Å². The Morgan fingerprint density at radius 3 is 2.17 bits per heavy atom. The van der Waals surface area contributed by atoms with E-state index in [4.69, 9.17) is 0 Å². The van der Waals surface area contributed by atoms with E-state index in [0.29, 0.717) is 5.92 Å². The smallest absolute Gasteiger partial charge is 0.0119 e. The molecule has 2 aliphatic rings. The highest BCUT2D eigenvalue weighted by molar-refractivity contribution is 5.68. The molecule has 0 atom stereocenters. The van der Waals surface area contributed by atoms with Crippen LogP contribution in [0.15, 0.2) is 54.6 Å². The summed E-state index contributed by atoms with van der Waals surface area (Å²) in [6, 6.07) is 20.7. The van der Waals surface area contributed by atoms with Crippen LogP contribution >= 0.6 is 0 Å². The van der Waals surface area contributed by atoms with E-state index in [1.807, 2.05) is 0 Å². The fourth-order valence-corrected chi connectivity index (χ4v) is 4.48. The zero-order valence-corrected chi connectivity index (χ0v) is 14.5. The average molecular weight is 320 g/mol. The van der Waals surface area contributed by atoms with Gasteiger partial charge in [0.25, 0.3) is 0 Å². The van der Waals surface area contributed by atoms with Gasteiger partial charge in [-0.05, 0) is 74.5 Å². The molecule has 0 bridgehead atoms. The van der Waals surface area contributed by atoms with E-state index in [-0.39, 0.29) is 0 Å². The van der Waals surface area contributed by atoms with Crippen molar-refractivity contribution in [3.8, 4) is 11.1 Å². The number of nitrogens with zero attached hydrogens (tertiary/aromatic N) is 1. The van der Waals surface area contributed by atoms with Crippen molar-refractivity contribution in [3.05, 3.63) is 60.2 Å². The first-order chi connectivity index (χ1) is 11.9. The molecule has 0 aromatic heterocycles. The molecule has 24 heavy (non-hydrogen) atoms. The molecular formula is C22H28N2. The van der Waals surface area contributed by atoms with Crippen LogP contribution in [0.2, 0.25) is 0 Å². The molecule has 2 aromatic carbocycles. The van der Waals surface area contributed by atoms with Crippen LogP contribution in [0.5, 0.6) is 0 Å². The maximum absolute atomic E-state index is 3.49. The predicted octanol–water partition coefficient (Wildman–Crippen LogP) is 4.29. The van der Waals surface area contributed by atoms with Crippen LogP contribution in [-0.2, 0) is 0 Å². The van der Waals surface area contributed by atoms with Crippen molar-refractivity contribution in [1.82, 2.24) is 10.2 Å². The number of nitrogens with one attached hydrogen (secondary N) is 1. The number of benzene rings is 2. The Balaban J connectivity index is 1.48. The van der Waals surface area contributed by atoms with Gasteiger partial charge in [-0.1, -0.05) is 54.6 Å². The third-order valence-electron chi connectivity index (χ3n) is 5.84. The van der Waals surface area contributed by atoms with Crippen molar-refractivity contribution >= 4 is 0 Å². The van der Waals surface area contributed by atoms with Gasteiger partial charge in [0.2, 0.25) is 0 Å². The number of piperidine rings is 2. The topological polar surface area (TPSA) is 15.3 Å². The Morgan fingerprint density at radius 2 is 1.42 bits per heavy atom. The zero-order chi connectivity index (χ0) is 16.2. The maximum atomic E-state index is 3.49. The van der Waals surface area contributed by atoms with Gasteiger partial charge in [-0.15, -0.1) is 0 Å². The van der Waals surface area contributed by atoms with Crippen LogP contribution in [-0.4, -0.2) is 37.1 Å². The summed E-state index contributed by atoms with van der Waals surface area (Å²) in [4.78, 5) is 2.75. The van der Waals surface area contributed by atoms with Crippen molar-refractivity contribution < 1.29 is 0 Å². The molecular weight excluding hydrogens is 292 g/mol. The van der Waals surface area contributed by atoms with E-state index < -0.39 is 0 Å². The summed E-state index contributed by atoms with van der Waals surface area (Å²) < 4.78 is 0. The Labute approximate surface area is 145 Å². The molecule has 2 aromatic rings. The fourth-order valence-electron chi connectivity index (χ4n) is 4.48. The number of hydrogen-bond acceptors (Lipinski definition) is 2. The SMILES string of the molecule is c1ccc(-c2ccccc2C2CCN(C3CCNCC3)CC2)cc1. The van der Waals surface area contributed by atoms with Gasteiger partial charge in [0.1, 0.15) is 0 Å². The minimum absolute atomic E-state index is 0.708. The molecule has 2 nitrogen and oxygen atoms in total. The fraction of sp³-hybridized carbons (Fsp3) is 0.455. The molecule has 0 radical (unpaired) electrons. The van der Waals surface area contributed by atoms with E-state index >= 15 is 0 Å². The molecule has 2 aliphatic heterocycles. The summed E-state index contributed by atoms with van der Waals surface area (Å²) in [5.74, 6) is 0.708. The Bertz CT molecular complexity index is 638. The van der Waals surface area contributed by atoms with Gasteiger partial charge in [0, 0.05) is 6.04 Å².